The predicted octanol–water partition coefficient (Wildman–Crippen LogP) is 2.27. The Morgan fingerprint density at radius 2 is 2.05 bits per heavy atom. The van der Waals surface area contributed by atoms with Gasteiger partial charge in [0.25, 0.3) is 0 Å². The van der Waals surface area contributed by atoms with Crippen LogP contribution in [0.2, 0.25) is 0 Å². The number of likely N-dealkylation sites (tertiary alicyclic amines) is 1. The summed E-state index contributed by atoms with van der Waals surface area (Å²) < 4.78 is 36.7. The average Bonchev–Trinajstić information content (AvgIpc) is 2.39. The lowest BCUT2D eigenvalue weighted by Crippen LogP contribution is -2.38. The van der Waals surface area contributed by atoms with E-state index in [-0.39, 0.29) is 6.54 Å². The third-order valence-corrected chi connectivity index (χ3v) is 3.60. The Hall–Kier alpha value is -1.37. The first kappa shape index (κ1) is 15.0. The van der Waals surface area contributed by atoms with Gasteiger partial charge >= 0.3 is 6.18 Å². The molecule has 1 aromatic heterocycles. The van der Waals surface area contributed by atoms with E-state index in [1.54, 1.807) is 6.20 Å². The highest BCUT2D eigenvalue weighted by molar-refractivity contribution is 5.33. The fourth-order valence-corrected chi connectivity index (χ4v) is 2.61. The van der Waals surface area contributed by atoms with Gasteiger partial charge in [0, 0.05) is 25.5 Å². The van der Waals surface area contributed by atoms with Crippen LogP contribution >= 0.6 is 0 Å². The molecule has 1 aliphatic heterocycles. The Morgan fingerprint density at radius 3 is 2.75 bits per heavy atom. The summed E-state index contributed by atoms with van der Waals surface area (Å²) in [6, 6.07) is 0. The van der Waals surface area contributed by atoms with Crippen molar-refractivity contribution in [1.29, 1.82) is 0 Å². The number of hydrogen-bond donors (Lipinski definition) is 1. The van der Waals surface area contributed by atoms with E-state index in [0.717, 1.165) is 25.1 Å². The summed E-state index contributed by atoms with van der Waals surface area (Å²) >= 11 is 0. The van der Waals surface area contributed by atoms with Crippen molar-refractivity contribution in [2.75, 3.05) is 25.4 Å². The fraction of sp³-hybridized carbons (Fsp3) is 0.692. The summed E-state index contributed by atoms with van der Waals surface area (Å²) in [6.07, 6.45) is 0.907. The van der Waals surface area contributed by atoms with Gasteiger partial charge in [-0.25, -0.2) is 4.98 Å². The molecule has 2 rings (SSSR count). The van der Waals surface area contributed by atoms with Crippen molar-refractivity contribution in [2.45, 2.75) is 31.9 Å². The van der Waals surface area contributed by atoms with E-state index in [0.29, 0.717) is 24.7 Å². The molecule has 0 saturated carbocycles. The Bertz CT molecular complexity index is 436. The Labute approximate surface area is 116 Å². The largest absolute Gasteiger partial charge is 0.390 e. The van der Waals surface area contributed by atoms with Gasteiger partial charge in [0.15, 0.2) is 0 Å². The summed E-state index contributed by atoms with van der Waals surface area (Å²) in [4.78, 5) is 10.1. The van der Waals surface area contributed by atoms with E-state index >= 15 is 0 Å². The predicted molar refractivity (Wildman–Crippen MR) is 70.0 cm³/mol. The van der Waals surface area contributed by atoms with Gasteiger partial charge in [-0.3, -0.25) is 4.98 Å². The first-order valence-electron chi connectivity index (χ1n) is 6.78. The van der Waals surface area contributed by atoms with E-state index in [1.807, 2.05) is 4.90 Å². The standard InChI is InChI=1S/C13H19F3N4/c14-13(15,16)3-7-20-6-1-2-10(9-20)8-11-12(17)19-5-4-18-11/h4-5,10H,1-3,6-9H2,(H2,17,19). The first-order valence-corrected chi connectivity index (χ1v) is 6.78. The number of rotatable bonds is 4. The molecule has 0 amide bonds. The van der Waals surface area contributed by atoms with Crippen LogP contribution in [0.15, 0.2) is 12.4 Å². The number of nitrogens with zero attached hydrogens (tertiary/aromatic N) is 3. The Morgan fingerprint density at radius 1 is 1.30 bits per heavy atom. The minimum absolute atomic E-state index is 0.0793. The van der Waals surface area contributed by atoms with Gasteiger partial charge in [0.2, 0.25) is 0 Å². The molecule has 0 aliphatic carbocycles. The highest BCUT2D eigenvalue weighted by Gasteiger charge is 2.29. The van der Waals surface area contributed by atoms with Gasteiger partial charge in [-0.2, -0.15) is 13.2 Å². The quantitative estimate of drug-likeness (QED) is 0.923. The Kier molecular flexibility index (Phi) is 4.80. The van der Waals surface area contributed by atoms with Crippen molar-refractivity contribution in [3.63, 3.8) is 0 Å². The number of alkyl halides is 3. The molecule has 1 aromatic rings. The number of nitrogens with two attached hydrogens (primary N) is 1. The molecule has 4 nitrogen and oxygen atoms in total. The lowest BCUT2D eigenvalue weighted by atomic mass is 9.93. The molecular formula is C13H19F3N4. The van der Waals surface area contributed by atoms with Gasteiger partial charge in [-0.15, -0.1) is 0 Å². The van der Waals surface area contributed by atoms with Gasteiger partial charge in [-0.1, -0.05) is 0 Å². The molecular weight excluding hydrogens is 269 g/mol. The molecule has 20 heavy (non-hydrogen) atoms. The highest BCUT2D eigenvalue weighted by atomic mass is 19.4. The molecule has 1 saturated heterocycles. The first-order chi connectivity index (χ1) is 9.44. The number of nitrogen functional groups attached to an aromatic ring is 1. The second kappa shape index (κ2) is 6.39. The molecule has 0 bridgehead atoms. The number of aromatic nitrogens is 2. The van der Waals surface area contributed by atoms with Crippen LogP contribution in [0.3, 0.4) is 0 Å². The SMILES string of the molecule is Nc1nccnc1CC1CCCN(CCC(F)(F)F)C1. The number of hydrogen-bond acceptors (Lipinski definition) is 4. The van der Waals surface area contributed by atoms with E-state index in [2.05, 4.69) is 9.97 Å². The van der Waals surface area contributed by atoms with E-state index in [1.165, 1.54) is 6.20 Å². The molecule has 112 valence electrons. The maximum Gasteiger partial charge on any atom is 0.390 e. The summed E-state index contributed by atoms with van der Waals surface area (Å²) in [6.45, 7) is 1.49. The van der Waals surface area contributed by atoms with Crippen LogP contribution in [0, 0.1) is 5.92 Å². The van der Waals surface area contributed by atoms with Crippen molar-refractivity contribution in [3.8, 4) is 0 Å². The fourth-order valence-electron chi connectivity index (χ4n) is 2.61. The third kappa shape index (κ3) is 4.63. The molecule has 1 aliphatic rings. The summed E-state index contributed by atoms with van der Waals surface area (Å²) in [5, 5.41) is 0. The van der Waals surface area contributed by atoms with Crippen LogP contribution in [0.4, 0.5) is 19.0 Å². The van der Waals surface area contributed by atoms with Crippen LogP contribution in [0.5, 0.6) is 0 Å². The lowest BCUT2D eigenvalue weighted by molar-refractivity contribution is -0.138. The molecule has 1 fully saturated rings. The van der Waals surface area contributed by atoms with Crippen LogP contribution in [0.25, 0.3) is 0 Å². The maximum absolute atomic E-state index is 12.2. The topological polar surface area (TPSA) is 55.0 Å². The molecule has 0 spiro atoms. The van der Waals surface area contributed by atoms with Gasteiger partial charge < -0.3 is 10.6 Å². The second-order valence-corrected chi connectivity index (χ2v) is 5.27. The normalized spacial score (nSPS) is 21.1. The summed E-state index contributed by atoms with van der Waals surface area (Å²) in [5.41, 5.74) is 6.50. The van der Waals surface area contributed by atoms with Gasteiger partial charge in [-0.05, 0) is 31.7 Å². The molecule has 1 unspecified atom stereocenters. The third-order valence-electron chi connectivity index (χ3n) is 3.60. The van der Waals surface area contributed by atoms with Gasteiger partial charge in [0.1, 0.15) is 5.82 Å². The Balaban J connectivity index is 1.86. The number of halogens is 3. The zero-order valence-electron chi connectivity index (χ0n) is 11.2. The van der Waals surface area contributed by atoms with E-state index in [4.69, 9.17) is 5.73 Å². The lowest BCUT2D eigenvalue weighted by Gasteiger charge is -2.32. The second-order valence-electron chi connectivity index (χ2n) is 5.27. The molecule has 2 N–H and O–H groups in total. The van der Waals surface area contributed by atoms with Crippen molar-refractivity contribution < 1.29 is 13.2 Å². The van der Waals surface area contributed by atoms with Crippen molar-refractivity contribution in [2.24, 2.45) is 5.92 Å². The van der Waals surface area contributed by atoms with Crippen LogP contribution in [-0.4, -0.2) is 40.7 Å². The minimum atomic E-state index is -4.08. The van der Waals surface area contributed by atoms with Crippen LogP contribution in [0.1, 0.15) is 25.0 Å². The average molecular weight is 288 g/mol. The smallest absolute Gasteiger partial charge is 0.382 e. The van der Waals surface area contributed by atoms with Crippen molar-refractivity contribution in [3.05, 3.63) is 18.1 Å². The minimum Gasteiger partial charge on any atom is -0.382 e. The molecule has 1 atom stereocenters. The van der Waals surface area contributed by atoms with Crippen LogP contribution < -0.4 is 5.73 Å². The van der Waals surface area contributed by atoms with Crippen molar-refractivity contribution in [1.82, 2.24) is 14.9 Å². The summed E-state index contributed by atoms with van der Waals surface area (Å²) in [7, 11) is 0. The molecule has 2 heterocycles. The maximum atomic E-state index is 12.2. The number of anilines is 1. The van der Waals surface area contributed by atoms with Gasteiger partial charge in [0.05, 0.1) is 12.1 Å². The van der Waals surface area contributed by atoms with Crippen LogP contribution in [-0.2, 0) is 6.42 Å². The molecule has 0 radical (unpaired) electrons. The number of piperidine rings is 1. The summed E-state index contributed by atoms with van der Waals surface area (Å²) in [5.74, 6) is 0.718. The van der Waals surface area contributed by atoms with Crippen molar-refractivity contribution >= 4 is 5.82 Å². The highest BCUT2D eigenvalue weighted by Crippen LogP contribution is 2.24. The van der Waals surface area contributed by atoms with E-state index in [9.17, 15) is 13.2 Å². The monoisotopic (exact) mass is 288 g/mol. The zero-order valence-corrected chi connectivity index (χ0v) is 11.2. The molecule has 7 heteroatoms. The zero-order chi connectivity index (χ0) is 14.6. The van der Waals surface area contributed by atoms with E-state index < -0.39 is 12.6 Å². The molecule has 0 aromatic carbocycles.